The zero-order valence-electron chi connectivity index (χ0n) is 16.4. The Labute approximate surface area is 170 Å². The van der Waals surface area contributed by atoms with Crippen LogP contribution in [0.25, 0.3) is 11.1 Å². The number of rotatable bonds is 6. The smallest absolute Gasteiger partial charge is 0.316 e. The fourth-order valence-electron chi connectivity index (χ4n) is 3.43. The molecular weight excluding hydrogens is 372 g/mol. The van der Waals surface area contributed by atoms with E-state index in [1.807, 2.05) is 38.1 Å². The predicted molar refractivity (Wildman–Crippen MR) is 110 cm³/mol. The first-order valence-electron chi connectivity index (χ1n) is 9.46. The van der Waals surface area contributed by atoms with Crippen molar-refractivity contribution in [1.29, 1.82) is 5.26 Å². The number of carbonyl (C=O) groups is 1. The molecule has 0 unspecified atom stereocenters. The Morgan fingerprint density at radius 3 is 2.61 bits per heavy atom. The van der Waals surface area contributed by atoms with Crippen LogP contribution in [0.3, 0.4) is 0 Å². The van der Waals surface area contributed by atoms with Gasteiger partial charge in [-0.2, -0.15) is 5.26 Å². The number of fused-ring (bicyclic) bond motifs is 1. The number of aryl methyl sites for hydroxylation is 1. The highest BCUT2D eigenvalue weighted by molar-refractivity contribution is 7.99. The molecule has 0 bridgehead atoms. The zero-order chi connectivity index (χ0) is 20.1. The number of thioether (sulfide) groups is 1. The van der Waals surface area contributed by atoms with Gasteiger partial charge < -0.3 is 9.47 Å². The number of nitriles is 1. The van der Waals surface area contributed by atoms with Crippen LogP contribution in [-0.4, -0.2) is 29.9 Å². The van der Waals surface area contributed by atoms with Crippen molar-refractivity contribution in [1.82, 2.24) is 4.98 Å². The quantitative estimate of drug-likeness (QED) is 0.527. The highest BCUT2D eigenvalue weighted by Gasteiger charge is 2.24. The minimum atomic E-state index is -0.297. The minimum Gasteiger partial charge on any atom is -0.497 e. The summed E-state index contributed by atoms with van der Waals surface area (Å²) in [5, 5.41) is 10.5. The van der Waals surface area contributed by atoms with E-state index in [4.69, 9.17) is 14.5 Å². The minimum absolute atomic E-state index is 0.140. The van der Waals surface area contributed by atoms with Gasteiger partial charge in [0, 0.05) is 11.3 Å². The van der Waals surface area contributed by atoms with Crippen molar-refractivity contribution in [2.24, 2.45) is 0 Å². The van der Waals surface area contributed by atoms with Gasteiger partial charge in [0.05, 0.1) is 24.5 Å². The van der Waals surface area contributed by atoms with Crippen LogP contribution in [0.5, 0.6) is 5.75 Å². The van der Waals surface area contributed by atoms with Gasteiger partial charge >= 0.3 is 5.97 Å². The monoisotopic (exact) mass is 396 g/mol. The number of carbonyl (C=O) groups excluding carboxylic acids is 1. The number of benzene rings is 1. The summed E-state index contributed by atoms with van der Waals surface area (Å²) >= 11 is 1.28. The normalized spacial score (nSPS) is 13.0. The van der Waals surface area contributed by atoms with Crippen LogP contribution in [0.2, 0.25) is 0 Å². The van der Waals surface area contributed by atoms with Crippen molar-refractivity contribution in [2.75, 3.05) is 12.9 Å². The van der Waals surface area contributed by atoms with Crippen LogP contribution in [0.15, 0.2) is 29.3 Å². The van der Waals surface area contributed by atoms with E-state index in [1.165, 1.54) is 11.8 Å². The van der Waals surface area contributed by atoms with E-state index in [2.05, 4.69) is 6.07 Å². The van der Waals surface area contributed by atoms with E-state index >= 15 is 0 Å². The number of hydrogen-bond donors (Lipinski definition) is 0. The molecule has 0 radical (unpaired) electrons. The number of esters is 1. The average Bonchev–Trinajstić information content (AvgIpc) is 2.70. The third-order valence-electron chi connectivity index (χ3n) is 4.63. The largest absolute Gasteiger partial charge is 0.497 e. The molecule has 1 aliphatic carbocycles. The van der Waals surface area contributed by atoms with E-state index in [0.717, 1.165) is 53.8 Å². The number of ether oxygens (including phenoxy) is 2. The lowest BCUT2D eigenvalue weighted by Crippen LogP contribution is -2.14. The lowest BCUT2D eigenvalue weighted by molar-refractivity contribution is -0.144. The Hall–Kier alpha value is -2.52. The average molecular weight is 397 g/mol. The van der Waals surface area contributed by atoms with Gasteiger partial charge in [0.25, 0.3) is 0 Å². The van der Waals surface area contributed by atoms with Crippen molar-refractivity contribution in [3.05, 3.63) is 41.1 Å². The molecule has 0 atom stereocenters. The Bertz CT molecular complexity index is 901. The number of pyridine rings is 1. The van der Waals surface area contributed by atoms with E-state index in [0.29, 0.717) is 10.6 Å². The summed E-state index contributed by atoms with van der Waals surface area (Å²) in [6.07, 6.45) is 3.84. The van der Waals surface area contributed by atoms with Gasteiger partial charge in [-0.15, -0.1) is 0 Å². The van der Waals surface area contributed by atoms with Gasteiger partial charge in [0.1, 0.15) is 16.8 Å². The molecule has 146 valence electrons. The van der Waals surface area contributed by atoms with Crippen LogP contribution < -0.4 is 4.74 Å². The molecule has 0 saturated heterocycles. The molecule has 1 heterocycles. The first-order chi connectivity index (χ1) is 13.5. The molecule has 28 heavy (non-hydrogen) atoms. The molecule has 6 heteroatoms. The van der Waals surface area contributed by atoms with Crippen molar-refractivity contribution < 1.29 is 14.3 Å². The SMILES string of the molecule is COc1ccc(-c2c(C#N)c(SCC(=O)OC(C)C)nc3c2CCCC3)cc1. The topological polar surface area (TPSA) is 72.2 Å². The van der Waals surface area contributed by atoms with Gasteiger partial charge in [0.2, 0.25) is 0 Å². The summed E-state index contributed by atoms with van der Waals surface area (Å²) in [5.74, 6) is 0.617. The molecule has 5 nitrogen and oxygen atoms in total. The Kier molecular flexibility index (Phi) is 6.58. The van der Waals surface area contributed by atoms with Crippen LogP contribution in [-0.2, 0) is 22.4 Å². The lowest BCUT2D eigenvalue weighted by atomic mass is 9.87. The fourth-order valence-corrected chi connectivity index (χ4v) is 4.22. The molecule has 3 rings (SSSR count). The van der Waals surface area contributed by atoms with Gasteiger partial charge in [-0.05, 0) is 62.8 Å². The van der Waals surface area contributed by atoms with Crippen molar-refractivity contribution in [3.63, 3.8) is 0 Å². The highest BCUT2D eigenvalue weighted by atomic mass is 32.2. The Morgan fingerprint density at radius 2 is 1.96 bits per heavy atom. The maximum absolute atomic E-state index is 12.0. The molecule has 2 aromatic rings. The van der Waals surface area contributed by atoms with E-state index in [1.54, 1.807) is 7.11 Å². The molecule has 1 aliphatic rings. The van der Waals surface area contributed by atoms with Crippen LogP contribution in [0.1, 0.15) is 43.5 Å². The first kappa shape index (κ1) is 20.2. The second kappa shape index (κ2) is 9.11. The number of hydrogen-bond acceptors (Lipinski definition) is 6. The molecule has 0 N–H and O–H groups in total. The summed E-state index contributed by atoms with van der Waals surface area (Å²) in [7, 11) is 1.63. The number of nitrogens with zero attached hydrogens (tertiary/aromatic N) is 2. The molecule has 0 spiro atoms. The van der Waals surface area contributed by atoms with Crippen molar-refractivity contribution >= 4 is 17.7 Å². The van der Waals surface area contributed by atoms with Crippen LogP contribution in [0, 0.1) is 11.3 Å². The predicted octanol–water partition coefficient (Wildman–Crippen LogP) is 4.55. The molecule has 1 aromatic heterocycles. The van der Waals surface area contributed by atoms with E-state index in [9.17, 15) is 10.1 Å². The summed E-state index contributed by atoms with van der Waals surface area (Å²) < 4.78 is 10.5. The van der Waals surface area contributed by atoms with Crippen LogP contribution in [0.4, 0.5) is 0 Å². The maximum Gasteiger partial charge on any atom is 0.316 e. The summed E-state index contributed by atoms with van der Waals surface area (Å²) in [5.41, 5.74) is 4.64. The van der Waals surface area contributed by atoms with E-state index < -0.39 is 0 Å². The van der Waals surface area contributed by atoms with Crippen molar-refractivity contribution in [2.45, 2.75) is 50.7 Å². The molecular formula is C22H24N2O3S. The van der Waals surface area contributed by atoms with Crippen molar-refractivity contribution in [3.8, 4) is 22.9 Å². The summed E-state index contributed by atoms with van der Waals surface area (Å²) in [4.78, 5) is 16.7. The summed E-state index contributed by atoms with van der Waals surface area (Å²) in [6, 6.07) is 10.1. The van der Waals surface area contributed by atoms with E-state index in [-0.39, 0.29) is 17.8 Å². The lowest BCUT2D eigenvalue weighted by Gasteiger charge is -2.22. The van der Waals surface area contributed by atoms with Gasteiger partial charge in [-0.3, -0.25) is 4.79 Å². The molecule has 0 saturated carbocycles. The molecule has 0 aliphatic heterocycles. The standard InChI is InChI=1S/C22H24N2O3S/c1-14(2)27-20(25)13-28-22-18(12-23)21(15-8-10-16(26-3)11-9-15)17-6-4-5-7-19(17)24-22/h8-11,14H,4-7,13H2,1-3H3. The fraction of sp³-hybridized carbons (Fsp3) is 0.409. The highest BCUT2D eigenvalue weighted by Crippen LogP contribution is 2.38. The third-order valence-corrected chi connectivity index (χ3v) is 5.57. The Morgan fingerprint density at radius 1 is 1.25 bits per heavy atom. The number of methoxy groups -OCH3 is 1. The molecule has 0 fully saturated rings. The second-order valence-corrected chi connectivity index (χ2v) is 7.93. The Balaban J connectivity index is 2.03. The third kappa shape index (κ3) is 4.48. The zero-order valence-corrected chi connectivity index (χ0v) is 17.3. The van der Waals surface area contributed by atoms with Gasteiger partial charge in [-0.25, -0.2) is 4.98 Å². The van der Waals surface area contributed by atoms with Crippen LogP contribution >= 0.6 is 11.8 Å². The molecule has 1 aromatic carbocycles. The summed E-state index contributed by atoms with van der Waals surface area (Å²) in [6.45, 7) is 3.64. The first-order valence-corrected chi connectivity index (χ1v) is 10.4. The maximum atomic E-state index is 12.0. The number of aromatic nitrogens is 1. The van der Waals surface area contributed by atoms with Gasteiger partial charge in [0.15, 0.2) is 0 Å². The van der Waals surface area contributed by atoms with Gasteiger partial charge in [-0.1, -0.05) is 23.9 Å². The second-order valence-electron chi connectivity index (χ2n) is 6.97. The molecule has 0 amide bonds.